The molecule has 80 valence electrons. The van der Waals surface area contributed by atoms with E-state index in [0.29, 0.717) is 0 Å². The Labute approximate surface area is 87.5 Å². The van der Waals surface area contributed by atoms with Gasteiger partial charge in [0.1, 0.15) is 0 Å². The fraction of sp³-hybridized carbons (Fsp3) is 0.300. The predicted octanol–water partition coefficient (Wildman–Crippen LogP) is 0.933. The van der Waals surface area contributed by atoms with E-state index in [2.05, 4.69) is 0 Å². The molecule has 0 saturated heterocycles. The first-order chi connectivity index (χ1) is 7.03. The molecule has 15 heavy (non-hydrogen) atoms. The second-order valence-electron chi connectivity index (χ2n) is 3.58. The van der Waals surface area contributed by atoms with Gasteiger partial charge in [0.05, 0.1) is 16.1 Å². The van der Waals surface area contributed by atoms with Gasteiger partial charge < -0.3 is 5.11 Å². The maximum absolute atomic E-state index is 11.8. The van der Waals surface area contributed by atoms with Crippen LogP contribution in [-0.2, 0) is 14.6 Å². The lowest BCUT2D eigenvalue weighted by atomic mass is 10.4. The van der Waals surface area contributed by atoms with Crippen molar-refractivity contribution in [3.8, 4) is 0 Å². The minimum Gasteiger partial charge on any atom is -0.481 e. The van der Waals surface area contributed by atoms with E-state index < -0.39 is 27.0 Å². The third-order valence-electron chi connectivity index (χ3n) is 2.52. The van der Waals surface area contributed by atoms with E-state index >= 15 is 0 Å². The topological polar surface area (TPSA) is 71.4 Å². The molecular weight excluding hydrogens is 216 g/mol. The molecule has 0 heterocycles. The van der Waals surface area contributed by atoms with Crippen LogP contribution in [-0.4, -0.2) is 24.7 Å². The molecule has 1 fully saturated rings. The van der Waals surface area contributed by atoms with E-state index in [1.165, 1.54) is 12.1 Å². The summed E-state index contributed by atoms with van der Waals surface area (Å²) in [5.74, 6) is -1.75. The SMILES string of the molecule is O=C(O)[C@H]1C[C@@H]1S(=O)(=O)c1ccccc1. The van der Waals surface area contributed by atoms with Gasteiger partial charge in [-0.3, -0.25) is 4.79 Å². The van der Waals surface area contributed by atoms with Crippen molar-refractivity contribution < 1.29 is 18.3 Å². The third-order valence-corrected chi connectivity index (χ3v) is 4.77. The molecule has 0 amide bonds. The van der Waals surface area contributed by atoms with Crippen LogP contribution >= 0.6 is 0 Å². The van der Waals surface area contributed by atoms with Crippen LogP contribution in [0.5, 0.6) is 0 Å². The molecule has 1 aliphatic carbocycles. The number of carboxylic acid groups (broad SMARTS) is 1. The quantitative estimate of drug-likeness (QED) is 0.832. The van der Waals surface area contributed by atoms with Gasteiger partial charge in [0, 0.05) is 0 Å². The zero-order valence-corrected chi connectivity index (χ0v) is 8.65. The van der Waals surface area contributed by atoms with Crippen LogP contribution in [0.2, 0.25) is 0 Å². The van der Waals surface area contributed by atoms with E-state index in [9.17, 15) is 13.2 Å². The summed E-state index contributed by atoms with van der Waals surface area (Å²) in [4.78, 5) is 10.8. The van der Waals surface area contributed by atoms with Crippen LogP contribution in [0, 0.1) is 5.92 Å². The first-order valence-corrected chi connectivity index (χ1v) is 6.10. The Morgan fingerprint density at radius 3 is 2.33 bits per heavy atom. The molecule has 0 aromatic heterocycles. The lowest BCUT2D eigenvalue weighted by Gasteiger charge is -2.01. The zero-order chi connectivity index (χ0) is 11.1. The van der Waals surface area contributed by atoms with Gasteiger partial charge >= 0.3 is 5.97 Å². The summed E-state index contributed by atoms with van der Waals surface area (Å²) in [5.41, 5.74) is 0. The minimum atomic E-state index is -3.44. The fourth-order valence-corrected chi connectivity index (χ4v) is 3.46. The molecule has 5 heteroatoms. The highest BCUT2D eigenvalue weighted by Gasteiger charge is 2.52. The summed E-state index contributed by atoms with van der Waals surface area (Å²) in [6.45, 7) is 0. The van der Waals surface area contributed by atoms with Gasteiger partial charge in [-0.05, 0) is 18.6 Å². The van der Waals surface area contributed by atoms with Gasteiger partial charge in [-0.1, -0.05) is 18.2 Å². The Morgan fingerprint density at radius 2 is 1.87 bits per heavy atom. The van der Waals surface area contributed by atoms with Crippen molar-refractivity contribution in [1.82, 2.24) is 0 Å². The summed E-state index contributed by atoms with van der Waals surface area (Å²) in [7, 11) is -3.44. The maximum atomic E-state index is 11.8. The molecular formula is C10H10O4S. The van der Waals surface area contributed by atoms with Gasteiger partial charge in [0.2, 0.25) is 0 Å². The van der Waals surface area contributed by atoms with Crippen LogP contribution in [0.3, 0.4) is 0 Å². The molecule has 4 nitrogen and oxygen atoms in total. The van der Waals surface area contributed by atoms with Crippen LogP contribution in [0.4, 0.5) is 0 Å². The molecule has 2 atom stereocenters. The van der Waals surface area contributed by atoms with E-state index in [1.54, 1.807) is 18.2 Å². The lowest BCUT2D eigenvalue weighted by Crippen LogP contribution is -2.13. The van der Waals surface area contributed by atoms with E-state index in [1.807, 2.05) is 0 Å². The monoisotopic (exact) mass is 226 g/mol. The van der Waals surface area contributed by atoms with E-state index in [0.717, 1.165) is 0 Å². The van der Waals surface area contributed by atoms with Crippen molar-refractivity contribution in [2.24, 2.45) is 5.92 Å². The minimum absolute atomic E-state index is 0.207. The maximum Gasteiger partial charge on any atom is 0.307 e. The van der Waals surface area contributed by atoms with Crippen LogP contribution in [0.25, 0.3) is 0 Å². The van der Waals surface area contributed by atoms with Gasteiger partial charge in [-0.15, -0.1) is 0 Å². The summed E-state index contributed by atoms with van der Waals surface area (Å²) < 4.78 is 23.7. The third kappa shape index (κ3) is 1.74. The van der Waals surface area contributed by atoms with Crippen LogP contribution in [0.1, 0.15) is 6.42 Å². The highest BCUT2D eigenvalue weighted by atomic mass is 32.2. The molecule has 1 N–H and O–H groups in total. The normalized spacial score (nSPS) is 24.8. The van der Waals surface area contributed by atoms with Crippen LogP contribution < -0.4 is 0 Å². The van der Waals surface area contributed by atoms with Crippen molar-refractivity contribution in [2.75, 3.05) is 0 Å². The molecule has 1 aliphatic rings. The summed E-state index contributed by atoms with van der Waals surface area (Å²) >= 11 is 0. The average Bonchev–Trinajstić information content (AvgIpc) is 2.99. The number of benzene rings is 1. The molecule has 0 bridgehead atoms. The second kappa shape index (κ2) is 3.34. The Kier molecular flexibility index (Phi) is 2.26. The van der Waals surface area contributed by atoms with Crippen molar-refractivity contribution in [3.63, 3.8) is 0 Å². The highest BCUT2D eigenvalue weighted by Crippen LogP contribution is 2.40. The smallest absolute Gasteiger partial charge is 0.307 e. The Morgan fingerprint density at radius 1 is 1.27 bits per heavy atom. The summed E-state index contributed by atoms with van der Waals surface area (Å²) in [6, 6.07) is 7.97. The van der Waals surface area contributed by atoms with Gasteiger partial charge in [-0.2, -0.15) is 0 Å². The standard InChI is InChI=1S/C10H10O4S/c11-10(12)8-6-9(8)15(13,14)7-4-2-1-3-5-7/h1-5,8-9H,6H2,(H,11,12)/t8-,9-/m0/s1. The van der Waals surface area contributed by atoms with Gasteiger partial charge in [0.25, 0.3) is 0 Å². The summed E-state index contributed by atoms with van der Waals surface area (Å²) in [6.07, 6.45) is 0.229. The lowest BCUT2D eigenvalue weighted by molar-refractivity contribution is -0.138. The van der Waals surface area contributed by atoms with Crippen molar-refractivity contribution in [1.29, 1.82) is 0 Å². The van der Waals surface area contributed by atoms with E-state index in [4.69, 9.17) is 5.11 Å². The first-order valence-electron chi connectivity index (χ1n) is 4.55. The number of carbonyl (C=O) groups is 1. The Balaban J connectivity index is 2.28. The number of sulfone groups is 1. The molecule has 0 spiro atoms. The van der Waals surface area contributed by atoms with Crippen molar-refractivity contribution >= 4 is 15.8 Å². The molecule has 0 unspecified atom stereocenters. The van der Waals surface area contributed by atoms with Crippen molar-refractivity contribution in [2.45, 2.75) is 16.6 Å². The predicted molar refractivity (Wildman–Crippen MR) is 53.2 cm³/mol. The van der Waals surface area contributed by atoms with E-state index in [-0.39, 0.29) is 11.3 Å². The van der Waals surface area contributed by atoms with Gasteiger partial charge in [0.15, 0.2) is 9.84 Å². The summed E-state index contributed by atoms with van der Waals surface area (Å²) in [5, 5.41) is 7.93. The second-order valence-corrected chi connectivity index (χ2v) is 5.74. The largest absolute Gasteiger partial charge is 0.481 e. The Hall–Kier alpha value is -1.36. The molecule has 1 aromatic carbocycles. The molecule has 0 aliphatic heterocycles. The number of aliphatic carboxylic acids is 1. The molecule has 2 rings (SSSR count). The highest BCUT2D eigenvalue weighted by molar-refractivity contribution is 7.92. The molecule has 0 radical (unpaired) electrons. The molecule has 1 aromatic rings. The van der Waals surface area contributed by atoms with Gasteiger partial charge in [-0.25, -0.2) is 8.42 Å². The first kappa shape index (κ1) is 10.2. The Bertz CT molecular complexity index is 477. The number of rotatable bonds is 3. The zero-order valence-electron chi connectivity index (χ0n) is 7.83. The number of carboxylic acids is 1. The molecule has 1 saturated carbocycles. The van der Waals surface area contributed by atoms with Crippen LogP contribution in [0.15, 0.2) is 35.2 Å². The number of hydrogen-bond donors (Lipinski definition) is 1. The average molecular weight is 226 g/mol. The fourth-order valence-electron chi connectivity index (χ4n) is 1.56. The number of hydrogen-bond acceptors (Lipinski definition) is 3. The van der Waals surface area contributed by atoms with Crippen molar-refractivity contribution in [3.05, 3.63) is 30.3 Å².